The Kier molecular flexibility index (Phi) is 5.36. The van der Waals surface area contributed by atoms with Gasteiger partial charge in [0.25, 0.3) is 0 Å². The van der Waals surface area contributed by atoms with Crippen molar-refractivity contribution in [3.8, 4) is 5.75 Å². The summed E-state index contributed by atoms with van der Waals surface area (Å²) in [5.74, 6) is 0.0832. The predicted molar refractivity (Wildman–Crippen MR) is 58.6 cm³/mol. The molecule has 1 aromatic rings. The zero-order chi connectivity index (χ0) is 12.9. The van der Waals surface area contributed by atoms with Gasteiger partial charge in [-0.05, 0) is 18.2 Å². The Balaban J connectivity index is 2.69. The van der Waals surface area contributed by atoms with E-state index in [1.165, 1.54) is 6.07 Å². The van der Waals surface area contributed by atoms with Crippen LogP contribution in [0.25, 0.3) is 0 Å². The van der Waals surface area contributed by atoms with Crippen molar-refractivity contribution < 1.29 is 22.6 Å². The Labute approximate surface area is 106 Å². The zero-order valence-electron chi connectivity index (χ0n) is 8.56. The number of hydrogen-bond acceptors (Lipinski definition) is 2. The van der Waals surface area contributed by atoms with E-state index in [0.717, 1.165) is 12.1 Å². The largest absolute Gasteiger partial charge is 0.491 e. The normalized spacial score (nSPS) is 11.6. The van der Waals surface area contributed by atoms with E-state index in [1.54, 1.807) is 0 Å². The van der Waals surface area contributed by atoms with Crippen LogP contribution in [0, 0.1) is 0 Å². The lowest BCUT2D eigenvalue weighted by molar-refractivity contribution is -0.137. The summed E-state index contributed by atoms with van der Waals surface area (Å²) in [6.07, 6.45) is -4.50. The van der Waals surface area contributed by atoms with Crippen molar-refractivity contribution in [1.82, 2.24) is 0 Å². The molecular formula is C10H9Cl2F3O2. The quantitative estimate of drug-likeness (QED) is 0.603. The van der Waals surface area contributed by atoms with Crippen LogP contribution in [-0.2, 0) is 10.9 Å². The molecule has 0 aromatic heterocycles. The summed E-state index contributed by atoms with van der Waals surface area (Å²) in [5.41, 5.74) is -0.921. The van der Waals surface area contributed by atoms with Crippen molar-refractivity contribution in [2.75, 3.05) is 19.3 Å². The summed E-state index contributed by atoms with van der Waals surface area (Å²) in [4.78, 5) is 0. The fourth-order valence-electron chi connectivity index (χ4n) is 1.08. The molecule has 0 unspecified atom stereocenters. The topological polar surface area (TPSA) is 18.5 Å². The van der Waals surface area contributed by atoms with E-state index >= 15 is 0 Å². The molecule has 0 atom stereocenters. The first kappa shape index (κ1) is 14.4. The molecule has 0 aliphatic heterocycles. The average Bonchev–Trinajstić information content (AvgIpc) is 2.25. The fourth-order valence-corrected chi connectivity index (χ4v) is 1.42. The van der Waals surface area contributed by atoms with Crippen molar-refractivity contribution in [2.45, 2.75) is 6.18 Å². The molecule has 1 rings (SSSR count). The summed E-state index contributed by atoms with van der Waals surface area (Å²) >= 11 is 10.7. The minimum atomic E-state index is -4.50. The number of ether oxygens (including phenoxy) is 2. The number of rotatable bonds is 5. The van der Waals surface area contributed by atoms with E-state index < -0.39 is 11.7 Å². The maximum atomic E-state index is 12.5. The van der Waals surface area contributed by atoms with Gasteiger partial charge in [0.2, 0.25) is 0 Å². The average molecular weight is 289 g/mol. The molecule has 2 nitrogen and oxygen atoms in total. The zero-order valence-corrected chi connectivity index (χ0v) is 10.1. The summed E-state index contributed by atoms with van der Waals surface area (Å²) in [6, 6.07) is 3.36. The molecule has 96 valence electrons. The van der Waals surface area contributed by atoms with E-state index in [-0.39, 0.29) is 30.1 Å². The van der Waals surface area contributed by atoms with Crippen LogP contribution in [0.15, 0.2) is 18.2 Å². The van der Waals surface area contributed by atoms with Crippen LogP contribution >= 0.6 is 23.2 Å². The molecule has 0 aliphatic carbocycles. The first-order valence-electron chi connectivity index (χ1n) is 4.58. The van der Waals surface area contributed by atoms with E-state index in [4.69, 9.17) is 32.7 Å². The van der Waals surface area contributed by atoms with Crippen LogP contribution in [0.5, 0.6) is 5.75 Å². The maximum Gasteiger partial charge on any atom is 0.417 e. The molecule has 0 heterocycles. The van der Waals surface area contributed by atoms with Crippen molar-refractivity contribution in [3.63, 3.8) is 0 Å². The lowest BCUT2D eigenvalue weighted by Gasteiger charge is -2.11. The van der Waals surface area contributed by atoms with Crippen molar-refractivity contribution in [3.05, 3.63) is 28.8 Å². The molecule has 1 aromatic carbocycles. The Morgan fingerprint density at radius 2 is 1.88 bits per heavy atom. The second kappa shape index (κ2) is 6.33. The standard InChI is InChI=1S/C10H9Cl2F3O2/c11-6-16-3-4-17-7-1-2-9(12)8(5-7)10(13,14)15/h1-2,5H,3-4,6H2. The van der Waals surface area contributed by atoms with Gasteiger partial charge in [-0.2, -0.15) is 13.2 Å². The van der Waals surface area contributed by atoms with E-state index in [2.05, 4.69) is 0 Å². The van der Waals surface area contributed by atoms with Gasteiger partial charge in [0.1, 0.15) is 18.4 Å². The Morgan fingerprint density at radius 3 is 2.47 bits per heavy atom. The molecule has 0 aliphatic rings. The summed E-state index contributed by atoms with van der Waals surface area (Å²) < 4.78 is 47.3. The third-order valence-electron chi connectivity index (χ3n) is 1.82. The van der Waals surface area contributed by atoms with Gasteiger partial charge in [-0.15, -0.1) is 0 Å². The molecule has 0 fully saturated rings. The third-order valence-corrected chi connectivity index (χ3v) is 2.30. The highest BCUT2D eigenvalue weighted by molar-refractivity contribution is 6.31. The molecule has 0 radical (unpaired) electrons. The molecule has 0 N–H and O–H groups in total. The minimum absolute atomic E-state index is 0.0117. The second-order valence-corrected chi connectivity index (χ2v) is 3.63. The molecule has 0 saturated heterocycles. The van der Waals surface area contributed by atoms with Gasteiger partial charge < -0.3 is 9.47 Å². The van der Waals surface area contributed by atoms with Crippen LogP contribution in [0.3, 0.4) is 0 Å². The Morgan fingerprint density at radius 1 is 1.18 bits per heavy atom. The minimum Gasteiger partial charge on any atom is -0.491 e. The van der Waals surface area contributed by atoms with Crippen LogP contribution in [0.2, 0.25) is 5.02 Å². The van der Waals surface area contributed by atoms with Crippen LogP contribution in [0.4, 0.5) is 13.2 Å². The highest BCUT2D eigenvalue weighted by Gasteiger charge is 2.33. The summed E-state index contributed by atoms with van der Waals surface area (Å²) in [5, 5.41) is -0.359. The molecule has 0 spiro atoms. The van der Waals surface area contributed by atoms with Gasteiger partial charge in [-0.3, -0.25) is 0 Å². The predicted octanol–water partition coefficient (Wildman–Crippen LogP) is 3.95. The van der Waals surface area contributed by atoms with Crippen molar-refractivity contribution in [2.24, 2.45) is 0 Å². The van der Waals surface area contributed by atoms with Crippen LogP contribution in [0.1, 0.15) is 5.56 Å². The van der Waals surface area contributed by atoms with Gasteiger partial charge >= 0.3 is 6.18 Å². The van der Waals surface area contributed by atoms with Gasteiger partial charge in [0.15, 0.2) is 0 Å². The van der Waals surface area contributed by atoms with Gasteiger partial charge in [-0.25, -0.2) is 0 Å². The van der Waals surface area contributed by atoms with E-state index in [0.29, 0.717) is 0 Å². The smallest absolute Gasteiger partial charge is 0.417 e. The number of benzene rings is 1. The van der Waals surface area contributed by atoms with E-state index in [9.17, 15) is 13.2 Å². The summed E-state index contributed by atoms with van der Waals surface area (Å²) in [7, 11) is 0. The number of hydrogen-bond donors (Lipinski definition) is 0. The lowest BCUT2D eigenvalue weighted by atomic mass is 10.2. The lowest BCUT2D eigenvalue weighted by Crippen LogP contribution is -2.09. The van der Waals surface area contributed by atoms with Crippen molar-refractivity contribution >= 4 is 23.2 Å². The highest BCUT2D eigenvalue weighted by atomic mass is 35.5. The molecule has 7 heteroatoms. The Bertz CT molecular complexity index is 369. The highest BCUT2D eigenvalue weighted by Crippen LogP contribution is 2.36. The van der Waals surface area contributed by atoms with Crippen LogP contribution in [-0.4, -0.2) is 19.3 Å². The first-order valence-corrected chi connectivity index (χ1v) is 5.49. The molecular weight excluding hydrogens is 280 g/mol. The first-order chi connectivity index (χ1) is 7.95. The second-order valence-electron chi connectivity index (χ2n) is 3.01. The van der Waals surface area contributed by atoms with E-state index in [1.807, 2.05) is 0 Å². The molecule has 17 heavy (non-hydrogen) atoms. The van der Waals surface area contributed by atoms with Crippen molar-refractivity contribution in [1.29, 1.82) is 0 Å². The van der Waals surface area contributed by atoms with Gasteiger partial charge in [-0.1, -0.05) is 23.2 Å². The van der Waals surface area contributed by atoms with Crippen LogP contribution < -0.4 is 4.74 Å². The SMILES string of the molecule is FC(F)(F)c1cc(OCCOCCl)ccc1Cl. The van der Waals surface area contributed by atoms with Gasteiger partial charge in [0.05, 0.1) is 17.2 Å². The maximum absolute atomic E-state index is 12.5. The molecule has 0 saturated carbocycles. The monoisotopic (exact) mass is 288 g/mol. The number of halogens is 5. The van der Waals surface area contributed by atoms with Gasteiger partial charge in [0, 0.05) is 0 Å². The number of alkyl halides is 4. The third kappa shape index (κ3) is 4.61. The fraction of sp³-hybridized carbons (Fsp3) is 0.400. The summed E-state index contributed by atoms with van der Waals surface area (Å²) in [6.45, 7) is 0.319. The molecule has 0 amide bonds. The Hall–Kier alpha value is -0.650. The molecule has 0 bridgehead atoms.